The van der Waals surface area contributed by atoms with Crippen LogP contribution in [0.2, 0.25) is 0 Å². The quantitative estimate of drug-likeness (QED) is 0.717. The highest BCUT2D eigenvalue weighted by Gasteiger charge is 2.03. The number of hydrogen-bond acceptors (Lipinski definition) is 5. The van der Waals surface area contributed by atoms with E-state index in [1.165, 1.54) is 0 Å². The highest BCUT2D eigenvalue weighted by molar-refractivity contribution is 5.26. The van der Waals surface area contributed by atoms with Gasteiger partial charge in [0.15, 0.2) is 0 Å². The van der Waals surface area contributed by atoms with Crippen molar-refractivity contribution >= 4 is 5.95 Å². The molecule has 5 heteroatoms. The van der Waals surface area contributed by atoms with Crippen LogP contribution in [0.25, 0.3) is 0 Å². The molecule has 0 radical (unpaired) electrons. The molecule has 15 heavy (non-hydrogen) atoms. The smallest absolute Gasteiger partial charge is 0.225 e. The Hall–Kier alpha value is -1.20. The molecule has 1 aromatic rings. The lowest BCUT2D eigenvalue weighted by molar-refractivity contribution is 0.250. The molecule has 0 aromatic carbocycles. The van der Waals surface area contributed by atoms with Crippen molar-refractivity contribution in [2.45, 2.75) is 19.5 Å². The number of hydrogen-bond donors (Lipinski definition) is 2. The van der Waals surface area contributed by atoms with Gasteiger partial charge < -0.3 is 15.3 Å². The van der Waals surface area contributed by atoms with Crippen LogP contribution < -0.4 is 10.2 Å². The van der Waals surface area contributed by atoms with Gasteiger partial charge in [0.1, 0.15) is 0 Å². The summed E-state index contributed by atoms with van der Waals surface area (Å²) in [7, 11) is 3.81. The van der Waals surface area contributed by atoms with Gasteiger partial charge in [0.2, 0.25) is 5.95 Å². The van der Waals surface area contributed by atoms with E-state index in [9.17, 15) is 0 Å². The molecule has 0 saturated carbocycles. The normalized spacial score (nSPS) is 12.5. The molecule has 0 spiro atoms. The number of anilines is 1. The van der Waals surface area contributed by atoms with E-state index in [2.05, 4.69) is 15.3 Å². The molecule has 1 rings (SSSR count). The lowest BCUT2D eigenvalue weighted by Gasteiger charge is -2.13. The third kappa shape index (κ3) is 3.81. The molecular formula is C10H18N4O. The number of nitrogens with one attached hydrogen (secondary N) is 1. The summed E-state index contributed by atoms with van der Waals surface area (Å²) in [4.78, 5) is 10.3. The van der Waals surface area contributed by atoms with E-state index in [1.54, 1.807) is 6.20 Å². The van der Waals surface area contributed by atoms with Crippen LogP contribution in [-0.4, -0.2) is 41.8 Å². The average Bonchev–Trinajstić information content (AvgIpc) is 2.26. The Bertz CT molecular complexity index is 303. The van der Waals surface area contributed by atoms with Gasteiger partial charge >= 0.3 is 0 Å². The fourth-order valence-electron chi connectivity index (χ4n) is 1.04. The Morgan fingerprint density at radius 1 is 1.53 bits per heavy atom. The molecule has 0 fully saturated rings. The molecule has 0 unspecified atom stereocenters. The molecular weight excluding hydrogens is 192 g/mol. The topological polar surface area (TPSA) is 61.3 Å². The van der Waals surface area contributed by atoms with Crippen LogP contribution in [0.5, 0.6) is 0 Å². The summed E-state index contributed by atoms with van der Waals surface area (Å²) in [5, 5.41) is 12.0. The first-order valence-electron chi connectivity index (χ1n) is 4.97. The molecule has 0 amide bonds. The molecule has 5 nitrogen and oxygen atoms in total. The van der Waals surface area contributed by atoms with Crippen LogP contribution in [0.15, 0.2) is 12.3 Å². The molecule has 2 N–H and O–H groups in total. The van der Waals surface area contributed by atoms with E-state index in [0.29, 0.717) is 12.5 Å². The summed E-state index contributed by atoms with van der Waals surface area (Å²) in [5.74, 6) is 0.700. The highest BCUT2D eigenvalue weighted by atomic mass is 16.3. The molecule has 0 saturated heterocycles. The minimum absolute atomic E-state index is 0.0859. The average molecular weight is 210 g/mol. The van der Waals surface area contributed by atoms with Crippen molar-refractivity contribution in [2.24, 2.45) is 0 Å². The standard InChI is InChI=1S/C10H18N4O/c1-8(7-15)12-6-9-4-5-11-10(13-9)14(2)3/h4-5,8,12,15H,6-7H2,1-3H3/t8-/m0/s1. The highest BCUT2D eigenvalue weighted by Crippen LogP contribution is 2.03. The van der Waals surface area contributed by atoms with E-state index in [1.807, 2.05) is 32.0 Å². The first-order chi connectivity index (χ1) is 7.13. The van der Waals surface area contributed by atoms with Crippen molar-refractivity contribution in [3.63, 3.8) is 0 Å². The van der Waals surface area contributed by atoms with Crippen molar-refractivity contribution in [3.05, 3.63) is 18.0 Å². The van der Waals surface area contributed by atoms with Gasteiger partial charge in [0.25, 0.3) is 0 Å². The number of nitrogens with zero attached hydrogens (tertiary/aromatic N) is 3. The molecule has 1 atom stereocenters. The van der Waals surface area contributed by atoms with E-state index in [4.69, 9.17) is 5.11 Å². The molecule has 0 aliphatic heterocycles. The van der Waals surface area contributed by atoms with E-state index < -0.39 is 0 Å². The van der Waals surface area contributed by atoms with Gasteiger partial charge in [0.05, 0.1) is 12.3 Å². The van der Waals surface area contributed by atoms with Crippen molar-refractivity contribution in [2.75, 3.05) is 25.6 Å². The largest absolute Gasteiger partial charge is 0.395 e. The predicted molar refractivity (Wildman–Crippen MR) is 59.7 cm³/mol. The Balaban J connectivity index is 2.58. The van der Waals surface area contributed by atoms with Gasteiger partial charge in [0, 0.05) is 32.9 Å². The fourth-order valence-corrected chi connectivity index (χ4v) is 1.04. The Labute approximate surface area is 90.2 Å². The predicted octanol–water partition coefficient (Wildman–Crippen LogP) is 0.0130. The summed E-state index contributed by atoms with van der Waals surface area (Å²) in [6.07, 6.45) is 1.74. The lowest BCUT2D eigenvalue weighted by Crippen LogP contribution is -2.29. The van der Waals surface area contributed by atoms with Crippen LogP contribution in [0, 0.1) is 0 Å². The SMILES string of the molecule is C[C@@H](CO)NCc1ccnc(N(C)C)n1. The molecule has 0 aliphatic carbocycles. The van der Waals surface area contributed by atoms with Crippen molar-refractivity contribution in [1.82, 2.24) is 15.3 Å². The maximum Gasteiger partial charge on any atom is 0.225 e. The zero-order valence-electron chi connectivity index (χ0n) is 9.44. The molecule has 0 aliphatic rings. The summed E-state index contributed by atoms with van der Waals surface area (Å²) in [6.45, 7) is 2.70. The first kappa shape index (κ1) is 11.9. The molecule has 1 heterocycles. The summed E-state index contributed by atoms with van der Waals surface area (Å²) < 4.78 is 0. The number of aliphatic hydroxyl groups is 1. The minimum Gasteiger partial charge on any atom is -0.395 e. The van der Waals surface area contributed by atoms with Gasteiger partial charge in [-0.2, -0.15) is 0 Å². The van der Waals surface area contributed by atoms with Gasteiger partial charge in [-0.15, -0.1) is 0 Å². The van der Waals surface area contributed by atoms with Crippen LogP contribution >= 0.6 is 0 Å². The second-order valence-corrected chi connectivity index (χ2v) is 3.71. The molecule has 0 bridgehead atoms. The maximum absolute atomic E-state index is 8.85. The summed E-state index contributed by atoms with van der Waals surface area (Å²) in [6, 6.07) is 1.95. The maximum atomic E-state index is 8.85. The van der Waals surface area contributed by atoms with Gasteiger partial charge in [-0.3, -0.25) is 0 Å². The van der Waals surface area contributed by atoms with E-state index in [0.717, 1.165) is 5.69 Å². The first-order valence-corrected chi connectivity index (χ1v) is 4.97. The summed E-state index contributed by atoms with van der Waals surface area (Å²) >= 11 is 0. The molecule has 84 valence electrons. The zero-order chi connectivity index (χ0) is 11.3. The van der Waals surface area contributed by atoms with Gasteiger partial charge in [-0.25, -0.2) is 9.97 Å². The number of aliphatic hydroxyl groups excluding tert-OH is 1. The molecule has 1 aromatic heterocycles. The second kappa shape index (κ2) is 5.63. The van der Waals surface area contributed by atoms with Crippen LogP contribution in [0.1, 0.15) is 12.6 Å². The Kier molecular flexibility index (Phi) is 4.45. The fraction of sp³-hybridized carbons (Fsp3) is 0.600. The van der Waals surface area contributed by atoms with Crippen LogP contribution in [-0.2, 0) is 6.54 Å². The van der Waals surface area contributed by atoms with Crippen molar-refractivity contribution in [3.8, 4) is 0 Å². The zero-order valence-corrected chi connectivity index (χ0v) is 9.44. The summed E-state index contributed by atoms with van der Waals surface area (Å²) in [5.41, 5.74) is 0.925. The Morgan fingerprint density at radius 3 is 2.87 bits per heavy atom. The van der Waals surface area contributed by atoms with Crippen molar-refractivity contribution < 1.29 is 5.11 Å². The van der Waals surface area contributed by atoms with E-state index >= 15 is 0 Å². The lowest BCUT2D eigenvalue weighted by atomic mass is 10.3. The van der Waals surface area contributed by atoms with Crippen molar-refractivity contribution in [1.29, 1.82) is 0 Å². The Morgan fingerprint density at radius 2 is 2.27 bits per heavy atom. The van der Waals surface area contributed by atoms with Crippen LogP contribution in [0.3, 0.4) is 0 Å². The van der Waals surface area contributed by atoms with E-state index in [-0.39, 0.29) is 12.6 Å². The third-order valence-electron chi connectivity index (χ3n) is 2.01. The number of aromatic nitrogens is 2. The minimum atomic E-state index is 0.0859. The second-order valence-electron chi connectivity index (χ2n) is 3.71. The third-order valence-corrected chi connectivity index (χ3v) is 2.01. The van der Waals surface area contributed by atoms with Gasteiger partial charge in [-0.05, 0) is 13.0 Å². The van der Waals surface area contributed by atoms with Gasteiger partial charge in [-0.1, -0.05) is 0 Å². The monoisotopic (exact) mass is 210 g/mol. The number of rotatable bonds is 5. The van der Waals surface area contributed by atoms with Crippen LogP contribution in [0.4, 0.5) is 5.95 Å².